The Labute approximate surface area is 171 Å². The molecular weight excluding hydrogens is 408 g/mol. The maximum atomic E-state index is 12.3. The number of nitrogens with one attached hydrogen (secondary N) is 3. The van der Waals surface area contributed by atoms with Gasteiger partial charge in [0.15, 0.2) is 6.04 Å². The van der Waals surface area contributed by atoms with E-state index >= 15 is 0 Å². The van der Waals surface area contributed by atoms with E-state index in [-0.39, 0.29) is 0 Å². The summed E-state index contributed by atoms with van der Waals surface area (Å²) < 4.78 is 0. The molecule has 0 saturated carbocycles. The lowest BCUT2D eigenvalue weighted by Gasteiger charge is -2.25. The molecule has 14 nitrogen and oxygen atoms in total. The predicted molar refractivity (Wildman–Crippen MR) is 98.7 cm³/mol. The minimum Gasteiger partial charge on any atom is -0.481 e. The second-order valence-electron chi connectivity index (χ2n) is 6.57. The van der Waals surface area contributed by atoms with Crippen LogP contribution in [0.5, 0.6) is 0 Å². The first-order chi connectivity index (χ1) is 13.8. The van der Waals surface area contributed by atoms with Crippen LogP contribution in [0.1, 0.15) is 26.7 Å². The standard InChI is InChI=1S/C16H28N4O10/c1-6(22)11(17)15(28)19-9(5-21)14(27)18-8(3-4-10(24)25)13(26)20-12(7(2)23)16(29)30/h6-9,11-12,21-23H,3-5,17H2,1-2H3,(H,18,27)(H,19,28)(H,20,26)(H,24,25)(H,29,30). The van der Waals surface area contributed by atoms with Crippen molar-refractivity contribution >= 4 is 29.7 Å². The average molecular weight is 436 g/mol. The molecule has 172 valence electrons. The fourth-order valence-electron chi connectivity index (χ4n) is 2.13. The van der Waals surface area contributed by atoms with Crippen molar-refractivity contribution in [1.29, 1.82) is 0 Å². The van der Waals surface area contributed by atoms with E-state index < -0.39 is 85.5 Å². The number of carboxylic acid groups (broad SMARTS) is 2. The highest BCUT2D eigenvalue weighted by atomic mass is 16.4. The molecule has 10 N–H and O–H groups in total. The molecule has 0 aromatic rings. The number of carbonyl (C=O) groups is 5. The van der Waals surface area contributed by atoms with Crippen LogP contribution in [0.15, 0.2) is 0 Å². The summed E-state index contributed by atoms with van der Waals surface area (Å²) in [5, 5.41) is 52.1. The van der Waals surface area contributed by atoms with Crippen LogP contribution in [-0.4, -0.2) is 98.2 Å². The average Bonchev–Trinajstić information content (AvgIpc) is 2.65. The van der Waals surface area contributed by atoms with Crippen molar-refractivity contribution in [1.82, 2.24) is 16.0 Å². The quantitative estimate of drug-likeness (QED) is 0.133. The summed E-state index contributed by atoms with van der Waals surface area (Å²) in [5.41, 5.74) is 5.42. The number of nitrogens with two attached hydrogens (primary N) is 1. The third-order valence-corrected chi connectivity index (χ3v) is 3.96. The van der Waals surface area contributed by atoms with Crippen LogP contribution in [0.3, 0.4) is 0 Å². The smallest absolute Gasteiger partial charge is 0.328 e. The summed E-state index contributed by atoms with van der Waals surface area (Å²) in [4.78, 5) is 58.5. The lowest BCUT2D eigenvalue weighted by molar-refractivity contribution is -0.145. The van der Waals surface area contributed by atoms with Crippen LogP contribution >= 0.6 is 0 Å². The number of carboxylic acids is 2. The highest BCUT2D eigenvalue weighted by molar-refractivity contribution is 5.94. The molecule has 0 aliphatic rings. The second-order valence-corrected chi connectivity index (χ2v) is 6.57. The molecule has 6 unspecified atom stereocenters. The van der Waals surface area contributed by atoms with Gasteiger partial charge in [-0.05, 0) is 20.3 Å². The van der Waals surface area contributed by atoms with E-state index in [4.69, 9.17) is 15.9 Å². The Kier molecular flexibility index (Phi) is 11.5. The lowest BCUT2D eigenvalue weighted by atomic mass is 10.1. The zero-order valence-corrected chi connectivity index (χ0v) is 16.4. The fourth-order valence-corrected chi connectivity index (χ4v) is 2.13. The van der Waals surface area contributed by atoms with Crippen molar-refractivity contribution in [3.8, 4) is 0 Å². The van der Waals surface area contributed by atoms with Crippen LogP contribution in [0.2, 0.25) is 0 Å². The Balaban J connectivity index is 5.34. The van der Waals surface area contributed by atoms with E-state index in [1.807, 2.05) is 5.32 Å². The number of hydrogen-bond acceptors (Lipinski definition) is 9. The topological polar surface area (TPSA) is 249 Å². The van der Waals surface area contributed by atoms with Crippen LogP contribution in [0.25, 0.3) is 0 Å². The molecule has 0 aromatic heterocycles. The second kappa shape index (κ2) is 12.7. The molecule has 0 heterocycles. The number of aliphatic hydroxyl groups is 3. The Morgan fingerprint density at radius 2 is 1.33 bits per heavy atom. The van der Waals surface area contributed by atoms with Gasteiger partial charge in [-0.25, -0.2) is 4.79 Å². The van der Waals surface area contributed by atoms with Crippen molar-refractivity contribution in [2.24, 2.45) is 5.73 Å². The summed E-state index contributed by atoms with van der Waals surface area (Å²) in [5.74, 6) is -6.01. The first kappa shape index (κ1) is 27.2. The summed E-state index contributed by atoms with van der Waals surface area (Å²) in [7, 11) is 0. The van der Waals surface area contributed by atoms with Gasteiger partial charge in [0.25, 0.3) is 0 Å². The van der Waals surface area contributed by atoms with Crippen LogP contribution in [0.4, 0.5) is 0 Å². The van der Waals surface area contributed by atoms with Gasteiger partial charge in [0.05, 0.1) is 18.8 Å². The molecule has 0 aliphatic carbocycles. The summed E-state index contributed by atoms with van der Waals surface area (Å²) in [6, 6.07) is -6.26. The molecule has 0 bridgehead atoms. The van der Waals surface area contributed by atoms with Gasteiger partial charge in [0.2, 0.25) is 17.7 Å². The molecule has 0 aliphatic heterocycles. The lowest BCUT2D eigenvalue weighted by Crippen LogP contribution is -2.59. The molecular formula is C16H28N4O10. The molecule has 0 aromatic carbocycles. The molecule has 0 fully saturated rings. The predicted octanol–water partition coefficient (Wildman–Crippen LogP) is -4.53. The summed E-state index contributed by atoms with van der Waals surface area (Å²) >= 11 is 0. The third kappa shape index (κ3) is 9.13. The van der Waals surface area contributed by atoms with Crippen molar-refractivity contribution < 1.29 is 49.5 Å². The number of carbonyl (C=O) groups excluding carboxylic acids is 3. The van der Waals surface area contributed by atoms with E-state index in [1.54, 1.807) is 0 Å². The minimum atomic E-state index is -1.72. The van der Waals surface area contributed by atoms with Crippen molar-refractivity contribution in [2.75, 3.05) is 6.61 Å². The van der Waals surface area contributed by atoms with E-state index in [1.165, 1.54) is 6.92 Å². The van der Waals surface area contributed by atoms with Gasteiger partial charge >= 0.3 is 11.9 Å². The minimum absolute atomic E-state index is 0.446. The number of hydrogen-bond donors (Lipinski definition) is 9. The van der Waals surface area contributed by atoms with Gasteiger partial charge < -0.3 is 47.2 Å². The van der Waals surface area contributed by atoms with E-state index in [9.17, 15) is 39.3 Å². The van der Waals surface area contributed by atoms with Gasteiger partial charge in [0.1, 0.15) is 18.1 Å². The van der Waals surface area contributed by atoms with E-state index in [2.05, 4.69) is 10.6 Å². The van der Waals surface area contributed by atoms with Gasteiger partial charge in [-0.1, -0.05) is 0 Å². The van der Waals surface area contributed by atoms with E-state index in [0.29, 0.717) is 0 Å². The highest BCUT2D eigenvalue weighted by Crippen LogP contribution is 2.03. The van der Waals surface area contributed by atoms with Crippen molar-refractivity contribution in [2.45, 2.75) is 63.1 Å². The number of rotatable bonds is 13. The first-order valence-corrected chi connectivity index (χ1v) is 8.90. The zero-order chi connectivity index (χ0) is 23.6. The van der Waals surface area contributed by atoms with Crippen LogP contribution in [-0.2, 0) is 24.0 Å². The Hall–Kier alpha value is -2.81. The number of amides is 3. The van der Waals surface area contributed by atoms with Gasteiger partial charge in [-0.3, -0.25) is 19.2 Å². The monoisotopic (exact) mass is 436 g/mol. The summed E-state index contributed by atoms with van der Waals surface area (Å²) in [6.07, 6.45) is -3.77. The molecule has 6 atom stereocenters. The fraction of sp³-hybridized carbons (Fsp3) is 0.688. The van der Waals surface area contributed by atoms with Crippen LogP contribution in [0, 0.1) is 0 Å². The molecule has 0 saturated heterocycles. The maximum absolute atomic E-state index is 12.3. The Bertz CT molecular complexity index is 640. The summed E-state index contributed by atoms with van der Waals surface area (Å²) in [6.45, 7) is 1.42. The molecule has 14 heteroatoms. The van der Waals surface area contributed by atoms with Crippen LogP contribution < -0.4 is 21.7 Å². The van der Waals surface area contributed by atoms with E-state index in [0.717, 1.165) is 6.92 Å². The van der Waals surface area contributed by atoms with Crippen molar-refractivity contribution in [3.63, 3.8) is 0 Å². The SMILES string of the molecule is CC(O)C(N)C(=O)NC(CO)C(=O)NC(CCC(=O)O)C(=O)NC(C(=O)O)C(C)O. The maximum Gasteiger partial charge on any atom is 0.328 e. The van der Waals surface area contributed by atoms with Gasteiger partial charge in [0, 0.05) is 6.42 Å². The first-order valence-electron chi connectivity index (χ1n) is 8.90. The third-order valence-electron chi connectivity index (χ3n) is 3.96. The van der Waals surface area contributed by atoms with Gasteiger partial charge in [-0.15, -0.1) is 0 Å². The molecule has 30 heavy (non-hydrogen) atoms. The zero-order valence-electron chi connectivity index (χ0n) is 16.4. The van der Waals surface area contributed by atoms with Gasteiger partial charge in [-0.2, -0.15) is 0 Å². The normalized spacial score (nSPS) is 16.9. The Morgan fingerprint density at radius 3 is 1.73 bits per heavy atom. The largest absolute Gasteiger partial charge is 0.481 e. The molecule has 0 spiro atoms. The number of aliphatic carboxylic acids is 2. The molecule has 0 radical (unpaired) electrons. The molecule has 3 amide bonds. The van der Waals surface area contributed by atoms with Crippen molar-refractivity contribution in [3.05, 3.63) is 0 Å². The highest BCUT2D eigenvalue weighted by Gasteiger charge is 2.32. The Morgan fingerprint density at radius 1 is 0.833 bits per heavy atom. The number of aliphatic hydroxyl groups excluding tert-OH is 3. The molecule has 0 rings (SSSR count).